The minimum absolute atomic E-state index is 0.287. The molecule has 1 aromatic heterocycles. The molecule has 0 bridgehead atoms. The van der Waals surface area contributed by atoms with Gasteiger partial charge in [-0.05, 0) is 44.6 Å². The van der Waals surface area contributed by atoms with Crippen molar-refractivity contribution >= 4 is 0 Å². The summed E-state index contributed by atoms with van der Waals surface area (Å²) in [4.78, 5) is 4.77. The number of rotatable bonds is 7. The Balaban J connectivity index is 2.10. The van der Waals surface area contributed by atoms with E-state index < -0.39 is 0 Å². The molecule has 0 aliphatic heterocycles. The van der Waals surface area contributed by atoms with Gasteiger partial charge in [0.25, 0.3) is 0 Å². The van der Waals surface area contributed by atoms with Crippen LogP contribution in [0, 0.1) is 11.8 Å². The SMILES string of the molecule is CCNC(C)C(c1nc(C2CCC(CC)C2)no1)C(C)C. The highest BCUT2D eigenvalue weighted by Crippen LogP contribution is 2.39. The molecule has 1 N–H and O–H groups in total. The van der Waals surface area contributed by atoms with E-state index in [4.69, 9.17) is 9.51 Å². The molecule has 1 saturated carbocycles. The molecule has 21 heavy (non-hydrogen) atoms. The molecular formula is C17H31N3O. The third kappa shape index (κ3) is 3.85. The van der Waals surface area contributed by atoms with Crippen LogP contribution in [0.15, 0.2) is 4.52 Å². The van der Waals surface area contributed by atoms with Gasteiger partial charge >= 0.3 is 0 Å². The summed E-state index contributed by atoms with van der Waals surface area (Å²) in [5, 5.41) is 7.79. The summed E-state index contributed by atoms with van der Waals surface area (Å²) < 4.78 is 5.64. The molecule has 0 aromatic carbocycles. The molecule has 1 heterocycles. The summed E-state index contributed by atoms with van der Waals surface area (Å²) >= 11 is 0. The van der Waals surface area contributed by atoms with E-state index in [1.54, 1.807) is 0 Å². The maximum Gasteiger partial charge on any atom is 0.231 e. The standard InChI is InChI=1S/C17H31N3O/c1-6-13-8-9-14(10-13)16-19-17(21-20-16)15(11(3)4)12(5)18-7-2/h11-15,18H,6-10H2,1-5H3. The Labute approximate surface area is 129 Å². The second-order valence-electron chi connectivity index (χ2n) is 6.89. The topological polar surface area (TPSA) is 51.0 Å². The van der Waals surface area contributed by atoms with Gasteiger partial charge in [-0.25, -0.2) is 0 Å². The van der Waals surface area contributed by atoms with E-state index in [0.29, 0.717) is 17.9 Å². The van der Waals surface area contributed by atoms with E-state index in [9.17, 15) is 0 Å². The van der Waals surface area contributed by atoms with Crippen molar-refractivity contribution in [1.29, 1.82) is 0 Å². The van der Waals surface area contributed by atoms with Crippen molar-refractivity contribution in [2.75, 3.05) is 6.54 Å². The first-order chi connectivity index (χ1) is 10.1. The number of hydrogen-bond donors (Lipinski definition) is 1. The largest absolute Gasteiger partial charge is 0.339 e. The van der Waals surface area contributed by atoms with Gasteiger partial charge in [-0.1, -0.05) is 39.3 Å². The maximum absolute atomic E-state index is 5.64. The fourth-order valence-corrected chi connectivity index (χ4v) is 3.75. The molecule has 4 atom stereocenters. The van der Waals surface area contributed by atoms with Gasteiger partial charge in [0.1, 0.15) is 0 Å². The van der Waals surface area contributed by atoms with Crippen LogP contribution in [-0.4, -0.2) is 22.7 Å². The monoisotopic (exact) mass is 293 g/mol. The van der Waals surface area contributed by atoms with Gasteiger partial charge in [-0.15, -0.1) is 0 Å². The summed E-state index contributed by atoms with van der Waals surface area (Å²) in [6, 6.07) is 0.357. The molecule has 1 aromatic rings. The Morgan fingerprint density at radius 2 is 2.00 bits per heavy atom. The molecule has 0 radical (unpaired) electrons. The van der Waals surface area contributed by atoms with Crippen molar-refractivity contribution in [3.63, 3.8) is 0 Å². The summed E-state index contributed by atoms with van der Waals surface area (Å²) in [5.74, 6) is 3.88. The smallest absolute Gasteiger partial charge is 0.231 e. The number of nitrogens with one attached hydrogen (secondary N) is 1. The summed E-state index contributed by atoms with van der Waals surface area (Å²) in [5.41, 5.74) is 0. The zero-order chi connectivity index (χ0) is 15.4. The van der Waals surface area contributed by atoms with E-state index in [2.05, 4.69) is 45.1 Å². The molecule has 1 aliphatic carbocycles. The molecular weight excluding hydrogens is 262 g/mol. The van der Waals surface area contributed by atoms with Gasteiger partial charge in [0.05, 0.1) is 5.92 Å². The lowest BCUT2D eigenvalue weighted by atomic mass is 9.89. The Morgan fingerprint density at radius 1 is 1.24 bits per heavy atom. The van der Waals surface area contributed by atoms with Gasteiger partial charge in [0.2, 0.25) is 5.89 Å². The van der Waals surface area contributed by atoms with Crippen molar-refractivity contribution in [1.82, 2.24) is 15.5 Å². The minimum Gasteiger partial charge on any atom is -0.339 e. The quantitative estimate of drug-likeness (QED) is 0.822. The number of likely N-dealkylation sites (N-methyl/N-ethyl adjacent to an activating group) is 1. The van der Waals surface area contributed by atoms with Crippen LogP contribution < -0.4 is 5.32 Å². The molecule has 1 aliphatic rings. The normalized spacial score (nSPS) is 25.4. The molecule has 0 saturated heterocycles. The van der Waals surface area contributed by atoms with Crippen molar-refractivity contribution < 1.29 is 4.52 Å². The first kappa shape index (κ1) is 16.5. The van der Waals surface area contributed by atoms with Crippen LogP contribution in [-0.2, 0) is 0 Å². The molecule has 4 heteroatoms. The Bertz CT molecular complexity index is 429. The third-order valence-electron chi connectivity index (χ3n) is 5.01. The van der Waals surface area contributed by atoms with Gasteiger partial charge in [-0.2, -0.15) is 4.98 Å². The summed E-state index contributed by atoms with van der Waals surface area (Å²) in [6.45, 7) is 12.0. The highest BCUT2D eigenvalue weighted by Gasteiger charge is 2.32. The highest BCUT2D eigenvalue weighted by molar-refractivity contribution is 5.04. The van der Waals surface area contributed by atoms with Crippen molar-refractivity contribution in [2.24, 2.45) is 11.8 Å². The van der Waals surface area contributed by atoms with E-state index in [0.717, 1.165) is 24.2 Å². The van der Waals surface area contributed by atoms with E-state index >= 15 is 0 Å². The lowest BCUT2D eigenvalue weighted by Gasteiger charge is -2.24. The van der Waals surface area contributed by atoms with E-state index in [1.165, 1.54) is 25.7 Å². The lowest BCUT2D eigenvalue weighted by molar-refractivity contribution is 0.280. The van der Waals surface area contributed by atoms with Crippen molar-refractivity contribution in [3.05, 3.63) is 11.7 Å². The van der Waals surface area contributed by atoms with Crippen LogP contribution in [0.2, 0.25) is 0 Å². The van der Waals surface area contributed by atoms with Crippen molar-refractivity contribution in [3.8, 4) is 0 Å². The van der Waals surface area contributed by atoms with Gasteiger partial charge in [-0.3, -0.25) is 0 Å². The number of nitrogens with zero attached hydrogens (tertiary/aromatic N) is 2. The van der Waals surface area contributed by atoms with Crippen molar-refractivity contribution in [2.45, 2.75) is 78.2 Å². The Hall–Kier alpha value is -0.900. The second-order valence-corrected chi connectivity index (χ2v) is 6.89. The molecule has 4 unspecified atom stereocenters. The number of aromatic nitrogens is 2. The second kappa shape index (κ2) is 7.39. The molecule has 4 nitrogen and oxygen atoms in total. The Morgan fingerprint density at radius 3 is 2.57 bits per heavy atom. The van der Waals surface area contributed by atoms with E-state index in [-0.39, 0.29) is 5.92 Å². The molecule has 2 rings (SSSR count). The number of hydrogen-bond acceptors (Lipinski definition) is 4. The molecule has 1 fully saturated rings. The van der Waals surface area contributed by atoms with Gasteiger partial charge in [0, 0.05) is 12.0 Å². The zero-order valence-corrected chi connectivity index (χ0v) is 14.2. The molecule has 0 spiro atoms. The predicted molar refractivity (Wildman–Crippen MR) is 85.4 cm³/mol. The van der Waals surface area contributed by atoms with Gasteiger partial charge in [0.15, 0.2) is 5.82 Å². The highest BCUT2D eigenvalue weighted by atomic mass is 16.5. The molecule has 120 valence electrons. The van der Waals surface area contributed by atoms with Crippen LogP contribution in [0.5, 0.6) is 0 Å². The third-order valence-corrected chi connectivity index (χ3v) is 5.01. The summed E-state index contributed by atoms with van der Waals surface area (Å²) in [6.07, 6.45) is 5.02. The van der Waals surface area contributed by atoms with E-state index in [1.807, 2.05) is 0 Å². The van der Waals surface area contributed by atoms with Gasteiger partial charge < -0.3 is 9.84 Å². The van der Waals surface area contributed by atoms with Crippen LogP contribution >= 0.6 is 0 Å². The predicted octanol–water partition coefficient (Wildman–Crippen LogP) is 4.10. The maximum atomic E-state index is 5.64. The molecule has 0 amide bonds. The average molecular weight is 293 g/mol. The fraction of sp³-hybridized carbons (Fsp3) is 0.882. The lowest BCUT2D eigenvalue weighted by Crippen LogP contribution is -2.34. The van der Waals surface area contributed by atoms with Crippen LogP contribution in [0.4, 0.5) is 0 Å². The van der Waals surface area contributed by atoms with Crippen LogP contribution in [0.1, 0.15) is 83.9 Å². The first-order valence-corrected chi connectivity index (χ1v) is 8.63. The minimum atomic E-state index is 0.287. The zero-order valence-electron chi connectivity index (χ0n) is 14.2. The van der Waals surface area contributed by atoms with Crippen LogP contribution in [0.25, 0.3) is 0 Å². The average Bonchev–Trinajstić information content (AvgIpc) is 3.06. The summed E-state index contributed by atoms with van der Waals surface area (Å²) in [7, 11) is 0. The van der Waals surface area contributed by atoms with Crippen LogP contribution in [0.3, 0.4) is 0 Å². The Kier molecular flexibility index (Phi) is 5.80. The first-order valence-electron chi connectivity index (χ1n) is 8.63. The fourth-order valence-electron chi connectivity index (χ4n) is 3.75.